The number of amides is 1. The van der Waals surface area contributed by atoms with E-state index in [9.17, 15) is 14.7 Å². The zero-order chi connectivity index (χ0) is 17.5. The normalized spacial score (nSPS) is 10.2. The number of carbonyl (C=O) groups excluding carboxylic acids is 2. The van der Waals surface area contributed by atoms with Crippen LogP contribution in [-0.4, -0.2) is 23.9 Å². The molecule has 24 heavy (non-hydrogen) atoms. The minimum Gasteiger partial charge on any atom is -0.504 e. The van der Waals surface area contributed by atoms with Crippen molar-refractivity contribution in [3.05, 3.63) is 59.7 Å². The second-order valence-corrected chi connectivity index (χ2v) is 4.80. The van der Waals surface area contributed by atoms with Crippen LogP contribution >= 0.6 is 0 Å². The second kappa shape index (κ2) is 7.65. The van der Waals surface area contributed by atoms with Crippen molar-refractivity contribution >= 4 is 23.5 Å². The van der Waals surface area contributed by atoms with Gasteiger partial charge in [0.25, 0.3) is 5.91 Å². The van der Waals surface area contributed by atoms with Gasteiger partial charge in [-0.25, -0.2) is 0 Å². The van der Waals surface area contributed by atoms with Crippen LogP contribution in [0.2, 0.25) is 0 Å². The Bertz CT molecular complexity index is 829. The Morgan fingerprint density at radius 1 is 1.21 bits per heavy atom. The van der Waals surface area contributed by atoms with Crippen molar-refractivity contribution in [3.8, 4) is 23.8 Å². The molecule has 0 heterocycles. The fourth-order valence-corrected chi connectivity index (χ4v) is 1.95. The molecule has 5 nitrogen and oxygen atoms in total. The van der Waals surface area contributed by atoms with Crippen LogP contribution in [0.1, 0.15) is 15.9 Å². The summed E-state index contributed by atoms with van der Waals surface area (Å²) in [6.07, 6.45) is 8.01. The maximum atomic E-state index is 12.1. The fraction of sp³-hybridized carbons (Fsp3) is 0.0526. The van der Waals surface area contributed by atoms with Gasteiger partial charge in [-0.2, -0.15) is 0 Å². The molecule has 0 aliphatic rings. The third kappa shape index (κ3) is 4.24. The van der Waals surface area contributed by atoms with Crippen molar-refractivity contribution in [1.82, 2.24) is 0 Å². The molecule has 2 aromatic rings. The van der Waals surface area contributed by atoms with Gasteiger partial charge in [0.2, 0.25) is 0 Å². The van der Waals surface area contributed by atoms with Crippen LogP contribution in [0.4, 0.5) is 5.69 Å². The zero-order valence-electron chi connectivity index (χ0n) is 12.9. The second-order valence-electron chi connectivity index (χ2n) is 4.80. The summed E-state index contributed by atoms with van der Waals surface area (Å²) in [4.78, 5) is 23.2. The number of phenols is 1. The molecule has 2 N–H and O–H groups in total. The summed E-state index contributed by atoms with van der Waals surface area (Å²) < 4.78 is 5.01. The van der Waals surface area contributed by atoms with Gasteiger partial charge in [0.05, 0.1) is 7.11 Å². The molecule has 0 aliphatic carbocycles. The number of ether oxygens (including phenoxy) is 1. The summed E-state index contributed by atoms with van der Waals surface area (Å²) >= 11 is 0. The maximum absolute atomic E-state index is 12.1. The number of hydrogen-bond donors (Lipinski definition) is 2. The number of benzene rings is 2. The molecule has 0 aliphatic heterocycles. The smallest absolute Gasteiger partial charge is 0.300 e. The van der Waals surface area contributed by atoms with Crippen molar-refractivity contribution in [2.45, 2.75) is 0 Å². The Morgan fingerprint density at radius 3 is 2.54 bits per heavy atom. The highest BCUT2D eigenvalue weighted by Gasteiger charge is 2.04. The van der Waals surface area contributed by atoms with Crippen molar-refractivity contribution < 1.29 is 19.4 Å². The average Bonchev–Trinajstić information content (AvgIpc) is 2.61. The van der Waals surface area contributed by atoms with E-state index in [-0.39, 0.29) is 11.5 Å². The number of nitrogens with one attached hydrogen (secondary N) is 1. The number of rotatable bonds is 5. The van der Waals surface area contributed by atoms with Gasteiger partial charge in [0.1, 0.15) is 0 Å². The first kappa shape index (κ1) is 16.8. The number of aromatic hydroxyl groups is 1. The van der Waals surface area contributed by atoms with Crippen molar-refractivity contribution in [2.75, 3.05) is 12.4 Å². The van der Waals surface area contributed by atoms with Crippen molar-refractivity contribution in [3.63, 3.8) is 0 Å². The SMILES string of the molecule is C#CC(=O)Nc1ccc(C(=O)/C=C/c2ccc(O)c(OC)c2)cc1. The number of phenolic OH excluding ortho intramolecular Hbond substituents is 1. The predicted molar refractivity (Wildman–Crippen MR) is 91.9 cm³/mol. The highest BCUT2D eigenvalue weighted by molar-refractivity contribution is 6.07. The van der Waals surface area contributed by atoms with Crippen LogP contribution in [0.25, 0.3) is 6.08 Å². The average molecular weight is 321 g/mol. The fourth-order valence-electron chi connectivity index (χ4n) is 1.95. The van der Waals surface area contributed by atoms with E-state index in [2.05, 4.69) is 5.32 Å². The number of allylic oxidation sites excluding steroid dienone is 1. The molecule has 2 rings (SSSR count). The maximum Gasteiger partial charge on any atom is 0.300 e. The van der Waals surface area contributed by atoms with Gasteiger partial charge in [-0.15, -0.1) is 6.42 Å². The number of carbonyl (C=O) groups is 2. The minimum absolute atomic E-state index is 0.0329. The molecule has 0 atom stereocenters. The van der Waals surface area contributed by atoms with Gasteiger partial charge >= 0.3 is 0 Å². The molecule has 0 bridgehead atoms. The third-order valence-corrected chi connectivity index (χ3v) is 3.19. The summed E-state index contributed by atoms with van der Waals surface area (Å²) in [5.74, 6) is 1.57. The van der Waals surface area contributed by atoms with Gasteiger partial charge in [0.15, 0.2) is 17.3 Å². The van der Waals surface area contributed by atoms with Crippen LogP contribution < -0.4 is 10.1 Å². The van der Waals surface area contributed by atoms with E-state index >= 15 is 0 Å². The summed E-state index contributed by atoms with van der Waals surface area (Å²) in [6, 6.07) is 11.2. The molecule has 120 valence electrons. The van der Waals surface area contributed by atoms with E-state index in [4.69, 9.17) is 11.2 Å². The van der Waals surface area contributed by atoms with Gasteiger partial charge in [0, 0.05) is 11.3 Å². The third-order valence-electron chi connectivity index (χ3n) is 3.19. The molecule has 0 saturated carbocycles. The number of ketones is 1. The summed E-state index contributed by atoms with van der Waals surface area (Å²) in [6.45, 7) is 0. The zero-order valence-corrected chi connectivity index (χ0v) is 12.9. The summed E-state index contributed by atoms with van der Waals surface area (Å²) in [7, 11) is 1.45. The van der Waals surface area contributed by atoms with E-state index in [0.717, 1.165) is 5.56 Å². The topological polar surface area (TPSA) is 75.6 Å². The molecule has 0 spiro atoms. The molecule has 0 saturated heterocycles. The first-order valence-corrected chi connectivity index (χ1v) is 7.00. The van der Waals surface area contributed by atoms with Crippen LogP contribution in [-0.2, 0) is 4.79 Å². The Labute approximate surface area is 139 Å². The van der Waals surface area contributed by atoms with Crippen molar-refractivity contribution in [2.24, 2.45) is 0 Å². The highest BCUT2D eigenvalue weighted by Crippen LogP contribution is 2.26. The molecule has 0 fully saturated rings. The lowest BCUT2D eigenvalue weighted by Gasteiger charge is -2.04. The largest absolute Gasteiger partial charge is 0.504 e. The molecule has 0 radical (unpaired) electrons. The lowest BCUT2D eigenvalue weighted by atomic mass is 10.1. The monoisotopic (exact) mass is 321 g/mol. The summed E-state index contributed by atoms with van der Waals surface area (Å²) in [5, 5.41) is 12.0. The van der Waals surface area contributed by atoms with E-state index in [0.29, 0.717) is 17.0 Å². The first-order chi connectivity index (χ1) is 11.5. The minimum atomic E-state index is -0.546. The Hall–Kier alpha value is -3.52. The number of terminal acetylenes is 1. The van der Waals surface area contributed by atoms with E-state index in [1.54, 1.807) is 42.5 Å². The van der Waals surface area contributed by atoms with E-state index < -0.39 is 5.91 Å². The number of anilines is 1. The highest BCUT2D eigenvalue weighted by atomic mass is 16.5. The Balaban J connectivity index is 2.09. The molecule has 0 unspecified atom stereocenters. The Kier molecular flexibility index (Phi) is 5.37. The van der Waals surface area contributed by atoms with Gasteiger partial charge in [-0.1, -0.05) is 12.1 Å². The van der Waals surface area contributed by atoms with Crippen LogP contribution in [0, 0.1) is 12.3 Å². The van der Waals surface area contributed by atoms with E-state index in [1.807, 2.05) is 5.92 Å². The first-order valence-electron chi connectivity index (χ1n) is 7.00. The summed E-state index contributed by atoms with van der Waals surface area (Å²) in [5.41, 5.74) is 1.70. The molecule has 1 amide bonds. The van der Waals surface area contributed by atoms with Crippen molar-refractivity contribution in [1.29, 1.82) is 0 Å². The quantitative estimate of drug-likeness (QED) is 0.504. The van der Waals surface area contributed by atoms with E-state index in [1.165, 1.54) is 19.3 Å². The molecule has 0 aromatic heterocycles. The number of hydrogen-bond acceptors (Lipinski definition) is 4. The van der Waals surface area contributed by atoms with Gasteiger partial charge in [-0.05, 0) is 54.0 Å². The van der Waals surface area contributed by atoms with Gasteiger partial charge in [-0.3, -0.25) is 9.59 Å². The molecular weight excluding hydrogens is 306 g/mol. The Morgan fingerprint density at radius 2 is 1.92 bits per heavy atom. The van der Waals surface area contributed by atoms with Crippen LogP contribution in [0.15, 0.2) is 48.5 Å². The lowest BCUT2D eigenvalue weighted by molar-refractivity contribution is -0.111. The van der Waals surface area contributed by atoms with Crippen LogP contribution in [0.3, 0.4) is 0 Å². The molecule has 5 heteroatoms. The van der Waals surface area contributed by atoms with Crippen LogP contribution in [0.5, 0.6) is 11.5 Å². The standard InChI is InChI=1S/C19H15NO4/c1-3-19(23)20-15-8-6-14(7-9-15)16(21)10-4-13-5-11-17(22)18(12-13)24-2/h1,4-12,22H,2H3,(H,20,23)/b10-4+. The lowest BCUT2D eigenvalue weighted by Crippen LogP contribution is -2.08. The van der Waals surface area contributed by atoms with Gasteiger partial charge < -0.3 is 15.2 Å². The molecular formula is C19H15NO4. The molecule has 2 aromatic carbocycles. The predicted octanol–water partition coefficient (Wildman–Crippen LogP) is 2.87. The number of methoxy groups -OCH3 is 1.